The Labute approximate surface area is 246 Å². The second kappa shape index (κ2) is 14.7. The van der Waals surface area contributed by atoms with Crippen LogP contribution < -0.4 is 14.8 Å². The molecule has 0 spiro atoms. The summed E-state index contributed by atoms with van der Waals surface area (Å²) in [7, 11) is -5.28. The van der Waals surface area contributed by atoms with Crippen LogP contribution in [0.2, 0.25) is 0 Å². The van der Waals surface area contributed by atoms with Crippen molar-refractivity contribution in [2.24, 2.45) is 0 Å². The number of rotatable bonds is 15. The predicted octanol–water partition coefficient (Wildman–Crippen LogP) is 5.49. The van der Waals surface area contributed by atoms with Crippen LogP contribution in [0.15, 0.2) is 59.8 Å². The number of hydrogen-bond acceptors (Lipinski definition) is 11. The Morgan fingerprint density at radius 1 is 0.905 bits per heavy atom. The summed E-state index contributed by atoms with van der Waals surface area (Å²) in [5.74, 6) is 0.662. The molecular weight excluding hydrogens is 585 g/mol. The lowest BCUT2D eigenvalue weighted by Crippen LogP contribution is -2.14. The van der Waals surface area contributed by atoms with E-state index in [0.29, 0.717) is 23.8 Å². The zero-order valence-corrected chi connectivity index (χ0v) is 26.1. The summed E-state index contributed by atoms with van der Waals surface area (Å²) in [4.78, 5) is 21.8. The van der Waals surface area contributed by atoms with Gasteiger partial charge < -0.3 is 28.6 Å². The van der Waals surface area contributed by atoms with Gasteiger partial charge in [-0.25, -0.2) is 13.4 Å². The van der Waals surface area contributed by atoms with Gasteiger partial charge in [0.05, 0.1) is 48.0 Å². The third-order valence-corrected chi connectivity index (χ3v) is 8.56. The van der Waals surface area contributed by atoms with Crippen LogP contribution in [0.5, 0.6) is 17.2 Å². The van der Waals surface area contributed by atoms with Crippen LogP contribution in [0, 0.1) is 0 Å². The first-order valence-electron chi connectivity index (χ1n) is 13.1. The minimum atomic E-state index is -3.46. The number of nitrogens with one attached hydrogen (secondary N) is 1. The molecule has 0 unspecified atom stereocenters. The molecule has 1 heterocycles. The fraction of sp³-hybridized carbons (Fsp3) is 0.393. The molecule has 0 aliphatic carbocycles. The Balaban J connectivity index is 1.78. The third kappa shape index (κ3) is 10.5. The van der Waals surface area contributed by atoms with Crippen LogP contribution in [-0.4, -0.2) is 63.1 Å². The summed E-state index contributed by atoms with van der Waals surface area (Å²) in [6.07, 6.45) is 3.17. The van der Waals surface area contributed by atoms with Gasteiger partial charge >= 0.3 is 7.60 Å². The zero-order valence-electron chi connectivity index (χ0n) is 24.4. The lowest BCUT2D eigenvalue weighted by Gasteiger charge is -2.22. The molecule has 0 radical (unpaired) electrons. The van der Waals surface area contributed by atoms with Gasteiger partial charge in [-0.15, -0.1) is 0 Å². The van der Waals surface area contributed by atoms with Crippen molar-refractivity contribution < 1.29 is 41.0 Å². The van der Waals surface area contributed by atoms with E-state index in [2.05, 4.69) is 15.3 Å². The number of nitrogens with zero attached hydrogens (tertiary/aromatic N) is 2. The number of carbonyl (C=O) groups is 1. The average molecular weight is 622 g/mol. The van der Waals surface area contributed by atoms with E-state index in [-0.39, 0.29) is 47.0 Å². The van der Waals surface area contributed by atoms with Crippen LogP contribution in [0.1, 0.15) is 43.7 Å². The molecule has 0 atom stereocenters. The first kappa shape index (κ1) is 33.2. The number of carbonyl (C=O) groups excluding carboxylic acids is 1. The van der Waals surface area contributed by atoms with E-state index in [1.807, 2.05) is 0 Å². The quantitative estimate of drug-likeness (QED) is 0.169. The molecule has 228 valence electrons. The predicted molar refractivity (Wildman–Crippen MR) is 157 cm³/mol. The van der Waals surface area contributed by atoms with Crippen molar-refractivity contribution in [1.29, 1.82) is 0 Å². The molecule has 14 heteroatoms. The SMILES string of the molecule is COCCOc1cc(Oc2ccc(S(C)(=O)=O)cc2)cc(C(=O)Nc2cnc(CP(=O)(OC(C)C)OC(C)C)cn2)c1. The molecule has 3 aromatic rings. The molecule has 0 fully saturated rings. The van der Waals surface area contributed by atoms with Crippen molar-refractivity contribution in [3.8, 4) is 17.2 Å². The van der Waals surface area contributed by atoms with Gasteiger partial charge in [0.2, 0.25) is 0 Å². The molecule has 2 aromatic carbocycles. The van der Waals surface area contributed by atoms with E-state index in [4.69, 9.17) is 23.3 Å². The number of anilines is 1. The average Bonchev–Trinajstić information content (AvgIpc) is 2.88. The fourth-order valence-electron chi connectivity index (χ4n) is 3.61. The van der Waals surface area contributed by atoms with Gasteiger partial charge in [-0.05, 0) is 64.1 Å². The summed E-state index contributed by atoms with van der Waals surface area (Å²) in [5.41, 5.74) is 0.586. The number of ether oxygens (including phenoxy) is 3. The lowest BCUT2D eigenvalue weighted by molar-refractivity contribution is 0.102. The Bertz CT molecular complexity index is 1480. The molecule has 1 N–H and O–H groups in total. The van der Waals surface area contributed by atoms with Crippen molar-refractivity contribution in [2.75, 3.05) is 31.9 Å². The van der Waals surface area contributed by atoms with Gasteiger partial charge in [-0.1, -0.05) is 0 Å². The summed E-state index contributed by atoms with van der Waals surface area (Å²) in [5, 5.41) is 2.68. The van der Waals surface area contributed by atoms with Gasteiger partial charge in [0, 0.05) is 25.0 Å². The summed E-state index contributed by atoms with van der Waals surface area (Å²) in [6, 6.07) is 10.5. The molecule has 1 aromatic heterocycles. The standard InChI is InChI=1S/C28H36N3O9PS/c1-19(2)39-41(33,40-20(3)4)18-22-16-30-27(17-29-22)31-28(32)21-13-24(37-12-11-36-5)15-25(14-21)38-23-7-9-26(10-8-23)42(6,34)35/h7-10,13-17,19-20H,11-12,18H2,1-6H3,(H,30,31,32). The molecule has 12 nitrogen and oxygen atoms in total. The molecule has 42 heavy (non-hydrogen) atoms. The van der Waals surface area contributed by atoms with Gasteiger partial charge in [0.15, 0.2) is 15.7 Å². The van der Waals surface area contributed by atoms with Crippen LogP contribution in [0.4, 0.5) is 5.82 Å². The number of benzene rings is 2. The Kier molecular flexibility index (Phi) is 11.6. The molecule has 3 rings (SSSR count). The van der Waals surface area contributed by atoms with E-state index in [1.165, 1.54) is 48.8 Å². The maximum absolute atomic E-state index is 13.2. The van der Waals surface area contributed by atoms with Gasteiger partial charge in [0.1, 0.15) is 23.9 Å². The third-order valence-electron chi connectivity index (χ3n) is 5.23. The Hall–Kier alpha value is -3.35. The van der Waals surface area contributed by atoms with Crippen LogP contribution in [0.3, 0.4) is 0 Å². The minimum absolute atomic E-state index is 0.0721. The van der Waals surface area contributed by atoms with Crippen LogP contribution in [-0.2, 0) is 34.3 Å². The van der Waals surface area contributed by atoms with Crippen LogP contribution >= 0.6 is 7.60 Å². The first-order chi connectivity index (χ1) is 19.8. The van der Waals surface area contributed by atoms with Crippen molar-refractivity contribution in [1.82, 2.24) is 9.97 Å². The minimum Gasteiger partial charge on any atom is -0.491 e. The highest BCUT2D eigenvalue weighted by molar-refractivity contribution is 7.90. The topological polar surface area (TPSA) is 152 Å². The number of methoxy groups -OCH3 is 1. The van der Waals surface area contributed by atoms with E-state index >= 15 is 0 Å². The number of amides is 1. The van der Waals surface area contributed by atoms with Gasteiger partial charge in [-0.3, -0.25) is 14.3 Å². The maximum Gasteiger partial charge on any atom is 0.337 e. The van der Waals surface area contributed by atoms with Crippen molar-refractivity contribution in [3.05, 3.63) is 66.1 Å². The highest BCUT2D eigenvalue weighted by Crippen LogP contribution is 2.53. The largest absolute Gasteiger partial charge is 0.491 e. The van der Waals surface area contributed by atoms with Gasteiger partial charge in [-0.2, -0.15) is 0 Å². The summed E-state index contributed by atoms with van der Waals surface area (Å²) >= 11 is 0. The van der Waals surface area contributed by atoms with Crippen LogP contribution in [0.25, 0.3) is 0 Å². The zero-order chi connectivity index (χ0) is 30.9. The number of sulfone groups is 1. The van der Waals surface area contributed by atoms with Crippen molar-refractivity contribution >= 4 is 29.2 Å². The van der Waals surface area contributed by atoms with Crippen molar-refractivity contribution in [2.45, 2.75) is 51.0 Å². The summed E-state index contributed by atoms with van der Waals surface area (Å²) in [6.45, 7) is 7.64. The Morgan fingerprint density at radius 2 is 1.55 bits per heavy atom. The molecule has 0 aliphatic rings. The summed E-state index contributed by atoms with van der Waals surface area (Å²) < 4.78 is 64.4. The fourth-order valence-corrected chi connectivity index (χ4v) is 6.28. The highest BCUT2D eigenvalue weighted by atomic mass is 32.2. The second-order valence-electron chi connectivity index (χ2n) is 9.80. The Morgan fingerprint density at radius 3 is 2.10 bits per heavy atom. The van der Waals surface area contributed by atoms with E-state index in [1.54, 1.807) is 40.9 Å². The molecule has 0 aliphatic heterocycles. The maximum atomic E-state index is 13.2. The molecule has 0 bridgehead atoms. The van der Waals surface area contributed by atoms with Crippen molar-refractivity contribution in [3.63, 3.8) is 0 Å². The lowest BCUT2D eigenvalue weighted by atomic mass is 10.2. The molecule has 1 amide bonds. The monoisotopic (exact) mass is 621 g/mol. The smallest absolute Gasteiger partial charge is 0.337 e. The van der Waals surface area contributed by atoms with E-state index < -0.39 is 23.3 Å². The number of aromatic nitrogens is 2. The molecule has 0 saturated heterocycles. The van der Waals surface area contributed by atoms with E-state index in [9.17, 15) is 17.8 Å². The molecular formula is C28H36N3O9PS. The normalized spacial score (nSPS) is 12.0. The first-order valence-corrected chi connectivity index (χ1v) is 16.7. The highest BCUT2D eigenvalue weighted by Gasteiger charge is 2.29. The number of hydrogen-bond donors (Lipinski definition) is 1. The second-order valence-corrected chi connectivity index (χ2v) is 13.8. The van der Waals surface area contributed by atoms with E-state index in [0.717, 1.165) is 6.26 Å². The molecule has 0 saturated carbocycles. The van der Waals surface area contributed by atoms with Gasteiger partial charge in [0.25, 0.3) is 5.91 Å².